The van der Waals surface area contributed by atoms with Gasteiger partial charge in [-0.05, 0) is 19.1 Å². The number of fused-ring (bicyclic) bond motifs is 1. The maximum absolute atomic E-state index is 13.4. The molecule has 3 heterocycles. The molecule has 1 aromatic carbocycles. The van der Waals surface area contributed by atoms with Crippen LogP contribution < -0.4 is 26.8 Å². The van der Waals surface area contributed by atoms with Gasteiger partial charge in [-0.25, -0.2) is 14.3 Å². The summed E-state index contributed by atoms with van der Waals surface area (Å²) in [5.41, 5.74) is 18.0. The summed E-state index contributed by atoms with van der Waals surface area (Å²) in [7, 11) is -4.17. The molecule has 16 heteroatoms. The Morgan fingerprint density at radius 1 is 1.31 bits per heavy atom. The minimum absolute atomic E-state index is 0.0152. The number of benzene rings is 1. The van der Waals surface area contributed by atoms with E-state index in [0.717, 1.165) is 0 Å². The van der Waals surface area contributed by atoms with E-state index in [0.29, 0.717) is 11.2 Å². The van der Waals surface area contributed by atoms with E-state index in [4.69, 9.17) is 40.5 Å². The number of anilines is 2. The van der Waals surface area contributed by atoms with Gasteiger partial charge in [-0.3, -0.25) is 9.09 Å². The van der Waals surface area contributed by atoms with Crippen molar-refractivity contribution in [3.63, 3.8) is 0 Å². The van der Waals surface area contributed by atoms with Crippen LogP contribution in [0.5, 0.6) is 5.75 Å². The van der Waals surface area contributed by atoms with Crippen molar-refractivity contribution in [2.24, 2.45) is 5.73 Å². The van der Waals surface area contributed by atoms with E-state index < -0.39 is 32.4 Å². The Hall–Kier alpha value is -3.33. The molecule has 0 aliphatic carbocycles. The zero-order valence-electron chi connectivity index (χ0n) is 18.6. The molecular weight excluding hydrogens is 483 g/mol. The van der Waals surface area contributed by atoms with Crippen LogP contribution in [0.2, 0.25) is 0 Å². The lowest BCUT2D eigenvalue weighted by atomic mass is 10.3. The molecule has 3 aromatic rings. The molecule has 1 saturated heterocycles. The van der Waals surface area contributed by atoms with Crippen molar-refractivity contribution in [1.29, 1.82) is 0 Å². The average molecular weight is 508 g/mol. The van der Waals surface area contributed by atoms with Crippen molar-refractivity contribution in [3.05, 3.63) is 36.7 Å². The Morgan fingerprint density at radius 2 is 2.09 bits per heavy atom. The van der Waals surface area contributed by atoms with Crippen molar-refractivity contribution in [1.82, 2.24) is 24.6 Å². The number of nitrogens with two attached hydrogens (primary N) is 3. The molecule has 7 N–H and O–H groups in total. The van der Waals surface area contributed by atoms with Gasteiger partial charge >= 0.3 is 13.7 Å². The van der Waals surface area contributed by atoms with Crippen LogP contribution in [0.25, 0.3) is 11.2 Å². The van der Waals surface area contributed by atoms with Gasteiger partial charge in [-0.2, -0.15) is 15.1 Å². The fourth-order valence-electron chi connectivity index (χ4n) is 3.17. The smallest absolute Gasteiger partial charge is 0.460 e. The first kappa shape index (κ1) is 24.8. The second-order valence-electron chi connectivity index (χ2n) is 7.20. The van der Waals surface area contributed by atoms with Crippen molar-refractivity contribution in [2.45, 2.75) is 25.6 Å². The maximum atomic E-state index is 13.4. The third-order valence-corrected chi connectivity index (χ3v) is 6.23. The monoisotopic (exact) mass is 508 g/mol. The topological polar surface area (TPSA) is 214 Å². The van der Waals surface area contributed by atoms with Crippen LogP contribution in [0.15, 0.2) is 36.7 Å². The van der Waals surface area contributed by atoms with E-state index in [1.165, 1.54) is 6.33 Å². The summed E-state index contributed by atoms with van der Waals surface area (Å²) >= 11 is 0. The lowest BCUT2D eigenvalue weighted by Crippen LogP contribution is -2.45. The number of nitrogens with one attached hydrogen (secondary N) is 1. The second kappa shape index (κ2) is 10.5. The number of rotatable bonds is 10. The third-order valence-electron chi connectivity index (χ3n) is 4.70. The summed E-state index contributed by atoms with van der Waals surface area (Å²) in [5.74, 6) is -0.481. The van der Waals surface area contributed by atoms with Gasteiger partial charge in [0, 0.05) is 0 Å². The Balaban J connectivity index is 1.44. The van der Waals surface area contributed by atoms with Crippen molar-refractivity contribution >= 4 is 36.6 Å². The molecule has 1 aliphatic heterocycles. The van der Waals surface area contributed by atoms with E-state index in [9.17, 15) is 9.36 Å². The Kier molecular flexibility index (Phi) is 7.45. The number of imidazole rings is 1. The lowest BCUT2D eigenvalue weighted by Gasteiger charge is -2.23. The van der Waals surface area contributed by atoms with E-state index in [-0.39, 0.29) is 37.3 Å². The predicted molar refractivity (Wildman–Crippen MR) is 122 cm³/mol. The Bertz CT molecular complexity index is 1230. The first-order chi connectivity index (χ1) is 16.8. The summed E-state index contributed by atoms with van der Waals surface area (Å²) in [6.07, 6.45) is -1.58. The number of nitrogen functional groups attached to an aromatic ring is 2. The molecule has 0 amide bonds. The SMILES string of the molecule is CCOC(=O)[C@H](N)NP(=O)(OC[C@@H]1OC[C@H](n2cnc3c(N)nc(N)nc32)O1)Oc1ccccc1. The molecule has 1 aliphatic rings. The van der Waals surface area contributed by atoms with Gasteiger partial charge in [-0.15, -0.1) is 0 Å². The fraction of sp³-hybridized carbons (Fsp3) is 0.368. The van der Waals surface area contributed by atoms with Gasteiger partial charge in [-0.1, -0.05) is 18.2 Å². The Labute approximate surface area is 199 Å². The number of ether oxygens (including phenoxy) is 3. The molecule has 15 nitrogen and oxygen atoms in total. The lowest BCUT2D eigenvalue weighted by molar-refractivity contribution is -0.145. The summed E-state index contributed by atoms with van der Waals surface area (Å²) in [6.45, 7) is 1.48. The number of esters is 1. The van der Waals surface area contributed by atoms with E-state index >= 15 is 0 Å². The quantitative estimate of drug-likeness (QED) is 0.167. The molecule has 0 spiro atoms. The largest absolute Gasteiger partial charge is 0.464 e. The number of para-hydroxylation sites is 1. The van der Waals surface area contributed by atoms with Crippen molar-refractivity contribution in [2.75, 3.05) is 31.3 Å². The van der Waals surface area contributed by atoms with Gasteiger partial charge in [0.25, 0.3) is 0 Å². The number of carbonyl (C=O) groups excluding carboxylic acids is 1. The van der Waals surface area contributed by atoms with Gasteiger partial charge < -0.3 is 35.9 Å². The van der Waals surface area contributed by atoms with Crippen LogP contribution in [-0.2, 0) is 28.1 Å². The molecule has 2 aromatic heterocycles. The van der Waals surface area contributed by atoms with Crippen molar-refractivity contribution < 1.29 is 32.6 Å². The highest BCUT2D eigenvalue weighted by Crippen LogP contribution is 2.45. The van der Waals surface area contributed by atoms with E-state index in [1.54, 1.807) is 41.8 Å². The van der Waals surface area contributed by atoms with Crippen LogP contribution in [-0.4, -0.2) is 57.8 Å². The summed E-state index contributed by atoms with van der Waals surface area (Å²) in [4.78, 5) is 24.1. The Morgan fingerprint density at radius 3 is 2.83 bits per heavy atom. The number of carbonyl (C=O) groups is 1. The average Bonchev–Trinajstić information content (AvgIpc) is 3.45. The fourth-order valence-corrected chi connectivity index (χ4v) is 4.51. The standard InChI is InChI=1S/C19H25N8O7P/c1-2-30-18(28)16(21)26-35(29,34-11-6-4-3-5-7-11)32-9-13-31-8-12(33-13)27-10-23-14-15(20)24-19(22)25-17(14)27/h3-7,10,12-13,16H,2,8-9,21H2,1H3,(H,26,29)(H4,20,22,24,25)/t12-,13-,16-,35?/m1/s1. The van der Waals surface area contributed by atoms with E-state index in [1.807, 2.05) is 0 Å². The van der Waals surface area contributed by atoms with Crippen LogP contribution >= 0.6 is 7.75 Å². The molecule has 0 radical (unpaired) electrons. The molecule has 4 atom stereocenters. The molecule has 1 unspecified atom stereocenters. The van der Waals surface area contributed by atoms with Crippen LogP contribution in [0, 0.1) is 0 Å². The van der Waals surface area contributed by atoms with Gasteiger partial charge in [0.2, 0.25) is 5.95 Å². The second-order valence-corrected chi connectivity index (χ2v) is 8.90. The zero-order chi connectivity index (χ0) is 25.0. The van der Waals surface area contributed by atoms with Crippen LogP contribution in [0.4, 0.5) is 11.8 Å². The summed E-state index contributed by atoms with van der Waals surface area (Å²) < 4.78 is 42.3. The van der Waals surface area contributed by atoms with Crippen LogP contribution in [0.1, 0.15) is 13.2 Å². The highest BCUT2D eigenvalue weighted by molar-refractivity contribution is 7.52. The van der Waals surface area contributed by atoms with Gasteiger partial charge in [0.1, 0.15) is 17.9 Å². The summed E-state index contributed by atoms with van der Waals surface area (Å²) in [5, 5.41) is 2.37. The van der Waals surface area contributed by atoms with Gasteiger partial charge in [0.15, 0.2) is 30.1 Å². The minimum Gasteiger partial charge on any atom is -0.464 e. The number of hydrogen-bond acceptors (Lipinski definition) is 13. The highest BCUT2D eigenvalue weighted by atomic mass is 31.2. The number of hydrogen-bond donors (Lipinski definition) is 4. The molecule has 1 fully saturated rings. The normalized spacial score (nSPS) is 20.4. The van der Waals surface area contributed by atoms with Gasteiger partial charge in [0.05, 0.1) is 19.5 Å². The van der Waals surface area contributed by atoms with Crippen molar-refractivity contribution in [3.8, 4) is 5.75 Å². The first-order valence-electron chi connectivity index (χ1n) is 10.5. The number of nitrogens with zero attached hydrogens (tertiary/aromatic N) is 4. The molecule has 0 saturated carbocycles. The first-order valence-corrected chi connectivity index (χ1v) is 12.0. The molecule has 35 heavy (non-hydrogen) atoms. The summed E-state index contributed by atoms with van der Waals surface area (Å²) in [6, 6.07) is 8.24. The molecule has 4 rings (SSSR count). The zero-order valence-corrected chi connectivity index (χ0v) is 19.5. The number of aromatic nitrogens is 4. The minimum atomic E-state index is -4.17. The van der Waals surface area contributed by atoms with E-state index in [2.05, 4.69) is 20.0 Å². The van der Waals surface area contributed by atoms with Crippen LogP contribution in [0.3, 0.4) is 0 Å². The highest BCUT2D eigenvalue weighted by Gasteiger charge is 2.36. The molecule has 0 bridgehead atoms. The molecule has 188 valence electrons. The predicted octanol–water partition coefficient (Wildman–Crippen LogP) is 0.503. The molecular formula is C19H25N8O7P. The maximum Gasteiger partial charge on any atom is 0.460 e. The third kappa shape index (κ3) is 5.85.